The van der Waals surface area contributed by atoms with Gasteiger partial charge < -0.3 is 14.5 Å². The van der Waals surface area contributed by atoms with Gasteiger partial charge in [0, 0.05) is 26.2 Å². The van der Waals surface area contributed by atoms with Crippen molar-refractivity contribution in [2.24, 2.45) is 0 Å². The predicted octanol–water partition coefficient (Wildman–Crippen LogP) is 5.34. The zero-order chi connectivity index (χ0) is 22.6. The molecule has 170 valence electrons. The lowest BCUT2D eigenvalue weighted by atomic mass is 10.1. The molecule has 1 aliphatic rings. The molecule has 0 unspecified atom stereocenters. The number of methoxy groups -OCH3 is 1. The Morgan fingerprint density at radius 2 is 1.94 bits per heavy atom. The molecule has 0 atom stereocenters. The highest BCUT2D eigenvalue weighted by atomic mass is 19.1. The van der Waals surface area contributed by atoms with E-state index in [1.165, 1.54) is 17.7 Å². The molecule has 1 aromatic carbocycles. The van der Waals surface area contributed by atoms with E-state index < -0.39 is 0 Å². The monoisotopic (exact) mass is 427 g/mol. The van der Waals surface area contributed by atoms with Gasteiger partial charge in [-0.3, -0.25) is 4.90 Å². The Morgan fingerprint density at radius 3 is 2.65 bits per heavy atom. The van der Waals surface area contributed by atoms with E-state index in [1.807, 2.05) is 18.3 Å². The summed E-state index contributed by atoms with van der Waals surface area (Å²) in [6.45, 7) is 18.8. The van der Waals surface area contributed by atoms with Crippen LogP contribution in [0.5, 0.6) is 5.75 Å². The number of allylic oxidation sites excluding steroid dienone is 3. The van der Waals surface area contributed by atoms with Crippen molar-refractivity contribution >= 4 is 5.69 Å². The van der Waals surface area contributed by atoms with Gasteiger partial charge in [0.1, 0.15) is 11.6 Å². The van der Waals surface area contributed by atoms with Gasteiger partial charge in [0.25, 0.3) is 0 Å². The summed E-state index contributed by atoms with van der Waals surface area (Å²) < 4.78 is 18.8. The van der Waals surface area contributed by atoms with Gasteiger partial charge in [0.05, 0.1) is 12.8 Å². The largest absolute Gasteiger partial charge is 0.495 e. The van der Waals surface area contributed by atoms with Gasteiger partial charge >= 0.3 is 0 Å². The lowest BCUT2D eigenvalue weighted by Gasteiger charge is -2.26. The van der Waals surface area contributed by atoms with Crippen LogP contribution in [0.25, 0.3) is 0 Å². The lowest BCUT2D eigenvalue weighted by Crippen LogP contribution is -2.33. The molecule has 31 heavy (non-hydrogen) atoms. The van der Waals surface area contributed by atoms with Gasteiger partial charge in [0.15, 0.2) is 0 Å². The van der Waals surface area contributed by atoms with Crippen molar-refractivity contribution in [2.75, 3.05) is 57.8 Å². The molecule has 0 bridgehead atoms. The minimum atomic E-state index is -0.222. The van der Waals surface area contributed by atoms with E-state index >= 15 is 0 Å². The van der Waals surface area contributed by atoms with E-state index in [-0.39, 0.29) is 5.83 Å². The molecule has 4 nitrogen and oxygen atoms in total. The average Bonchev–Trinajstić information content (AvgIpc) is 3.00. The number of benzene rings is 1. The van der Waals surface area contributed by atoms with Gasteiger partial charge in [-0.25, -0.2) is 4.39 Å². The van der Waals surface area contributed by atoms with Gasteiger partial charge in [-0.15, -0.1) is 0 Å². The first-order valence-corrected chi connectivity index (χ1v) is 11.1. The normalized spacial score (nSPS) is 16.3. The Morgan fingerprint density at radius 1 is 1.19 bits per heavy atom. The van der Waals surface area contributed by atoms with Crippen LogP contribution >= 0.6 is 0 Å². The molecular formula is C26H38FN3O. The molecule has 2 rings (SSSR count). The molecule has 0 N–H and O–H groups in total. The molecule has 1 heterocycles. The molecule has 0 saturated carbocycles. The van der Waals surface area contributed by atoms with Crippen molar-refractivity contribution in [1.82, 2.24) is 9.80 Å². The Hall–Kier alpha value is -2.37. The molecule has 5 heteroatoms. The summed E-state index contributed by atoms with van der Waals surface area (Å²) in [4.78, 5) is 7.14. The van der Waals surface area contributed by atoms with E-state index in [2.05, 4.69) is 40.8 Å². The van der Waals surface area contributed by atoms with Crippen LogP contribution in [0.3, 0.4) is 0 Å². The van der Waals surface area contributed by atoms with Crippen molar-refractivity contribution in [3.8, 4) is 5.75 Å². The van der Waals surface area contributed by atoms with Crippen LogP contribution in [0.4, 0.5) is 10.1 Å². The number of hydrogen-bond donors (Lipinski definition) is 0. The maximum Gasteiger partial charge on any atom is 0.142 e. The van der Waals surface area contributed by atoms with Crippen LogP contribution in [-0.2, 0) is 0 Å². The van der Waals surface area contributed by atoms with E-state index in [0.717, 1.165) is 75.7 Å². The molecular weight excluding hydrogens is 389 g/mol. The summed E-state index contributed by atoms with van der Waals surface area (Å²) in [5, 5.41) is 0. The van der Waals surface area contributed by atoms with Gasteiger partial charge in [-0.05, 0) is 75.8 Å². The number of halogens is 1. The third kappa shape index (κ3) is 8.00. The Balaban J connectivity index is 1.81. The van der Waals surface area contributed by atoms with Crippen LogP contribution in [0.2, 0.25) is 0 Å². The number of para-hydroxylation sites is 1. The summed E-state index contributed by atoms with van der Waals surface area (Å²) in [6.07, 6.45) is 8.81. The summed E-state index contributed by atoms with van der Waals surface area (Å²) in [6, 6.07) is 6.12. The van der Waals surface area contributed by atoms with Crippen LogP contribution in [0, 0.1) is 6.92 Å². The number of aryl methyl sites for hydroxylation is 1. The average molecular weight is 428 g/mol. The molecule has 1 aliphatic heterocycles. The second kappa shape index (κ2) is 13.1. The molecule has 1 aromatic rings. The van der Waals surface area contributed by atoms with Crippen LogP contribution < -0.4 is 9.64 Å². The van der Waals surface area contributed by atoms with Crippen molar-refractivity contribution in [3.05, 3.63) is 72.7 Å². The molecule has 0 radical (unpaired) electrons. The fraction of sp³-hybridized carbons (Fsp3) is 0.462. The minimum Gasteiger partial charge on any atom is -0.495 e. The SMILES string of the molecule is C=CN(CCCN1CCCN(CC(=C)/C=C\C(F)=C/C)CC1)c1c(C)cccc1OC. The van der Waals surface area contributed by atoms with E-state index in [9.17, 15) is 4.39 Å². The van der Waals surface area contributed by atoms with E-state index in [4.69, 9.17) is 4.74 Å². The van der Waals surface area contributed by atoms with E-state index in [0.29, 0.717) is 0 Å². The van der Waals surface area contributed by atoms with E-state index in [1.54, 1.807) is 20.1 Å². The van der Waals surface area contributed by atoms with Gasteiger partial charge in [0.2, 0.25) is 0 Å². The lowest BCUT2D eigenvalue weighted by molar-refractivity contribution is 0.265. The summed E-state index contributed by atoms with van der Waals surface area (Å²) in [5.41, 5.74) is 3.23. The van der Waals surface area contributed by atoms with Crippen molar-refractivity contribution in [1.29, 1.82) is 0 Å². The number of hydrogen-bond acceptors (Lipinski definition) is 4. The van der Waals surface area contributed by atoms with Crippen LogP contribution in [-0.4, -0.2) is 62.7 Å². The fourth-order valence-electron chi connectivity index (χ4n) is 3.96. The van der Waals surface area contributed by atoms with Crippen LogP contribution in [0.15, 0.2) is 67.2 Å². The highest BCUT2D eigenvalue weighted by Gasteiger charge is 2.16. The quantitative estimate of drug-likeness (QED) is 0.444. The zero-order valence-electron chi connectivity index (χ0n) is 19.4. The standard InChI is InChI=1S/C26H38FN3O/c1-6-24(27)14-13-22(3)21-29-17-9-15-28(19-20-29)16-10-18-30(7-2)26-23(4)11-8-12-25(26)31-5/h6-8,11-14H,2-3,9-10,15-21H2,1,4-5H3/b14-13-,24-6+. The number of nitrogens with zero attached hydrogens (tertiary/aromatic N) is 3. The number of rotatable bonds is 11. The highest BCUT2D eigenvalue weighted by Crippen LogP contribution is 2.32. The fourth-order valence-corrected chi connectivity index (χ4v) is 3.96. The van der Waals surface area contributed by atoms with Crippen LogP contribution in [0.1, 0.15) is 25.3 Å². The molecule has 0 amide bonds. The summed E-state index contributed by atoms with van der Waals surface area (Å²) in [5.74, 6) is 0.661. The Labute approximate surface area is 188 Å². The van der Waals surface area contributed by atoms with Gasteiger partial charge in [-0.2, -0.15) is 0 Å². The molecule has 0 aromatic heterocycles. The highest BCUT2D eigenvalue weighted by molar-refractivity contribution is 5.65. The first kappa shape index (κ1) is 24.9. The second-order valence-corrected chi connectivity index (χ2v) is 7.99. The maximum absolute atomic E-state index is 13.3. The number of anilines is 1. The van der Waals surface area contributed by atoms with Gasteiger partial charge in [-0.1, -0.05) is 37.4 Å². The zero-order valence-corrected chi connectivity index (χ0v) is 19.4. The molecule has 0 spiro atoms. The molecule has 1 saturated heterocycles. The second-order valence-electron chi connectivity index (χ2n) is 7.99. The summed E-state index contributed by atoms with van der Waals surface area (Å²) in [7, 11) is 1.71. The smallest absolute Gasteiger partial charge is 0.142 e. The Kier molecular flexibility index (Phi) is 10.5. The first-order chi connectivity index (χ1) is 15.0. The third-order valence-electron chi connectivity index (χ3n) is 5.66. The van der Waals surface area contributed by atoms with Crippen molar-refractivity contribution < 1.29 is 9.13 Å². The minimum absolute atomic E-state index is 0.222. The third-order valence-corrected chi connectivity index (χ3v) is 5.66. The topological polar surface area (TPSA) is 19.0 Å². The Bertz CT molecular complexity index is 787. The van der Waals surface area contributed by atoms with Crippen molar-refractivity contribution in [3.63, 3.8) is 0 Å². The number of ether oxygens (including phenoxy) is 1. The summed E-state index contributed by atoms with van der Waals surface area (Å²) >= 11 is 0. The molecule has 1 fully saturated rings. The molecule has 0 aliphatic carbocycles. The van der Waals surface area contributed by atoms with Crippen molar-refractivity contribution in [2.45, 2.75) is 26.7 Å². The maximum atomic E-state index is 13.3. The predicted molar refractivity (Wildman–Crippen MR) is 131 cm³/mol. The first-order valence-electron chi connectivity index (χ1n) is 11.1.